The summed E-state index contributed by atoms with van der Waals surface area (Å²) in [6.07, 6.45) is 0.983. The van der Waals surface area contributed by atoms with Gasteiger partial charge in [0.25, 0.3) is 5.56 Å². The molecule has 88 valence electrons. The predicted octanol–water partition coefficient (Wildman–Crippen LogP) is 1.67. The van der Waals surface area contributed by atoms with E-state index in [0.717, 1.165) is 30.6 Å². The maximum Gasteiger partial charge on any atom is 0.255 e. The third kappa shape index (κ3) is 1.58. The van der Waals surface area contributed by atoms with E-state index in [1.165, 1.54) is 10.9 Å². The molecule has 1 aliphatic heterocycles. The normalized spacial score (nSPS) is 13.5. The number of nitrogens with zero attached hydrogens (tertiary/aromatic N) is 1. The second-order valence-corrected chi connectivity index (χ2v) is 4.51. The average Bonchev–Trinajstić information content (AvgIpc) is 2.78. The molecule has 3 nitrogen and oxygen atoms in total. The largest absolute Gasteiger partial charge is 0.313 e. The maximum absolute atomic E-state index is 12.3. The molecule has 0 amide bonds. The fraction of sp³-hybridized carbons (Fsp3) is 0.357. The minimum Gasteiger partial charge on any atom is -0.313 e. The van der Waals surface area contributed by atoms with Crippen LogP contribution in [-0.2, 0) is 19.5 Å². The fourth-order valence-corrected chi connectivity index (χ4v) is 2.61. The molecule has 0 unspecified atom stereocenters. The number of rotatable bonds is 3. The van der Waals surface area contributed by atoms with Crippen molar-refractivity contribution in [2.24, 2.45) is 0 Å². The molecule has 0 fully saturated rings. The van der Waals surface area contributed by atoms with E-state index in [2.05, 4.69) is 30.4 Å². The number of aromatic nitrogens is 1. The van der Waals surface area contributed by atoms with Crippen LogP contribution >= 0.6 is 0 Å². The zero-order valence-electron chi connectivity index (χ0n) is 9.99. The number of benzene rings is 1. The minimum atomic E-state index is 0.170. The van der Waals surface area contributed by atoms with Crippen LogP contribution in [0.15, 0.2) is 29.1 Å². The average molecular weight is 228 g/mol. The van der Waals surface area contributed by atoms with Crippen molar-refractivity contribution >= 4 is 10.9 Å². The van der Waals surface area contributed by atoms with Crippen molar-refractivity contribution in [2.75, 3.05) is 6.54 Å². The Morgan fingerprint density at radius 3 is 3.12 bits per heavy atom. The van der Waals surface area contributed by atoms with E-state index < -0.39 is 0 Å². The molecular weight excluding hydrogens is 212 g/mol. The van der Waals surface area contributed by atoms with Gasteiger partial charge in [0.1, 0.15) is 0 Å². The van der Waals surface area contributed by atoms with Crippen LogP contribution in [0, 0.1) is 0 Å². The van der Waals surface area contributed by atoms with Crippen LogP contribution in [0.2, 0.25) is 0 Å². The molecular formula is C14H16N2O. The quantitative estimate of drug-likeness (QED) is 0.867. The highest BCUT2D eigenvalue weighted by atomic mass is 16.1. The van der Waals surface area contributed by atoms with Gasteiger partial charge in [-0.3, -0.25) is 4.79 Å². The molecule has 0 aliphatic carbocycles. The smallest absolute Gasteiger partial charge is 0.255 e. The third-order valence-electron chi connectivity index (χ3n) is 3.44. The summed E-state index contributed by atoms with van der Waals surface area (Å²) < 4.78 is 1.93. The van der Waals surface area contributed by atoms with Gasteiger partial charge in [0, 0.05) is 18.7 Å². The number of nitrogens with one attached hydrogen (secondary N) is 1. The van der Waals surface area contributed by atoms with Gasteiger partial charge in [-0.05, 0) is 30.0 Å². The topological polar surface area (TPSA) is 34.0 Å². The van der Waals surface area contributed by atoms with Gasteiger partial charge in [-0.15, -0.1) is 0 Å². The number of pyridine rings is 1. The Hall–Kier alpha value is -1.61. The molecule has 2 heterocycles. The Balaban J connectivity index is 2.23. The molecule has 0 spiro atoms. The second-order valence-electron chi connectivity index (χ2n) is 4.51. The van der Waals surface area contributed by atoms with Crippen LogP contribution in [0.25, 0.3) is 10.9 Å². The molecule has 17 heavy (non-hydrogen) atoms. The monoisotopic (exact) mass is 228 g/mol. The summed E-state index contributed by atoms with van der Waals surface area (Å²) in [4.78, 5) is 12.3. The zero-order chi connectivity index (χ0) is 11.8. The van der Waals surface area contributed by atoms with Gasteiger partial charge in [0.15, 0.2) is 0 Å². The van der Waals surface area contributed by atoms with Crippen LogP contribution in [0.1, 0.15) is 18.1 Å². The standard InChI is InChI=1S/C14H16N2O/c1-2-15-9-12-8-11-5-3-4-10-6-7-16(13(10)11)14(12)17/h3-5,8,15H,2,6-7,9H2,1H3. The minimum absolute atomic E-state index is 0.170. The van der Waals surface area contributed by atoms with E-state index >= 15 is 0 Å². The molecule has 1 aromatic carbocycles. The highest BCUT2D eigenvalue weighted by Crippen LogP contribution is 2.24. The van der Waals surface area contributed by atoms with E-state index in [4.69, 9.17) is 0 Å². The molecule has 3 rings (SSSR count). The van der Waals surface area contributed by atoms with Crippen molar-refractivity contribution in [3.05, 3.63) is 45.7 Å². The second kappa shape index (κ2) is 4.00. The van der Waals surface area contributed by atoms with Crippen LogP contribution in [0.4, 0.5) is 0 Å². The van der Waals surface area contributed by atoms with Gasteiger partial charge in [0.2, 0.25) is 0 Å². The first-order valence-electron chi connectivity index (χ1n) is 6.16. The fourth-order valence-electron chi connectivity index (χ4n) is 2.61. The maximum atomic E-state index is 12.3. The van der Waals surface area contributed by atoms with Gasteiger partial charge in [0.05, 0.1) is 5.52 Å². The SMILES string of the molecule is CCNCc1cc2cccc3c2n(c1=O)CC3. The van der Waals surface area contributed by atoms with Crippen LogP contribution in [0.3, 0.4) is 0 Å². The Bertz CT molecular complexity index is 628. The predicted molar refractivity (Wildman–Crippen MR) is 69.3 cm³/mol. The molecule has 2 aromatic rings. The molecule has 3 heteroatoms. The van der Waals surface area contributed by atoms with Crippen molar-refractivity contribution < 1.29 is 0 Å². The molecule has 1 aliphatic rings. The zero-order valence-corrected chi connectivity index (χ0v) is 9.99. The first-order chi connectivity index (χ1) is 8.31. The first kappa shape index (κ1) is 10.5. The first-order valence-corrected chi connectivity index (χ1v) is 6.16. The highest BCUT2D eigenvalue weighted by molar-refractivity contribution is 5.84. The van der Waals surface area contributed by atoms with E-state index in [0.29, 0.717) is 6.54 Å². The highest BCUT2D eigenvalue weighted by Gasteiger charge is 2.16. The van der Waals surface area contributed by atoms with Gasteiger partial charge in [-0.25, -0.2) is 0 Å². The van der Waals surface area contributed by atoms with Crippen molar-refractivity contribution in [3.63, 3.8) is 0 Å². The summed E-state index contributed by atoms with van der Waals surface area (Å²) in [6, 6.07) is 8.32. The van der Waals surface area contributed by atoms with Gasteiger partial charge >= 0.3 is 0 Å². The summed E-state index contributed by atoms with van der Waals surface area (Å²) in [7, 11) is 0. The van der Waals surface area contributed by atoms with Gasteiger partial charge in [-0.1, -0.05) is 25.1 Å². The lowest BCUT2D eigenvalue weighted by atomic mass is 10.1. The van der Waals surface area contributed by atoms with Crippen molar-refractivity contribution in [1.82, 2.24) is 9.88 Å². The van der Waals surface area contributed by atoms with E-state index in [1.807, 2.05) is 10.6 Å². The Morgan fingerprint density at radius 1 is 1.41 bits per heavy atom. The molecule has 1 N–H and O–H groups in total. The van der Waals surface area contributed by atoms with Crippen molar-refractivity contribution in [2.45, 2.75) is 26.4 Å². The molecule has 0 saturated heterocycles. The van der Waals surface area contributed by atoms with Gasteiger partial charge in [-0.2, -0.15) is 0 Å². The lowest BCUT2D eigenvalue weighted by Crippen LogP contribution is -2.26. The number of para-hydroxylation sites is 1. The molecule has 1 aromatic heterocycles. The summed E-state index contributed by atoms with van der Waals surface area (Å²) in [5, 5.41) is 4.41. The van der Waals surface area contributed by atoms with E-state index in [-0.39, 0.29) is 5.56 Å². The van der Waals surface area contributed by atoms with Crippen LogP contribution in [0.5, 0.6) is 0 Å². The third-order valence-corrected chi connectivity index (χ3v) is 3.44. The number of hydrogen-bond donors (Lipinski definition) is 1. The molecule has 0 radical (unpaired) electrons. The van der Waals surface area contributed by atoms with Crippen molar-refractivity contribution in [3.8, 4) is 0 Å². The lowest BCUT2D eigenvalue weighted by molar-refractivity contribution is 0.690. The van der Waals surface area contributed by atoms with E-state index in [1.54, 1.807) is 0 Å². The summed E-state index contributed by atoms with van der Waals surface area (Å²) >= 11 is 0. The summed E-state index contributed by atoms with van der Waals surface area (Å²) in [5.74, 6) is 0. The lowest BCUT2D eigenvalue weighted by Gasteiger charge is -2.08. The summed E-state index contributed by atoms with van der Waals surface area (Å²) in [6.45, 7) is 4.43. The molecule has 0 bridgehead atoms. The van der Waals surface area contributed by atoms with Crippen LogP contribution in [-0.4, -0.2) is 11.1 Å². The van der Waals surface area contributed by atoms with Crippen LogP contribution < -0.4 is 10.9 Å². The van der Waals surface area contributed by atoms with E-state index in [9.17, 15) is 4.79 Å². The van der Waals surface area contributed by atoms with Gasteiger partial charge < -0.3 is 9.88 Å². The molecule has 0 atom stereocenters. The Morgan fingerprint density at radius 2 is 2.29 bits per heavy atom. The Labute approximate surface area is 100 Å². The number of aryl methyl sites for hydroxylation is 2. The summed E-state index contributed by atoms with van der Waals surface area (Å²) in [5.41, 5.74) is 3.48. The Kier molecular flexibility index (Phi) is 2.48. The molecule has 0 saturated carbocycles. The van der Waals surface area contributed by atoms with Crippen molar-refractivity contribution in [1.29, 1.82) is 0 Å². The number of hydrogen-bond acceptors (Lipinski definition) is 2.